The van der Waals surface area contributed by atoms with Gasteiger partial charge in [0.1, 0.15) is 28.7 Å². The lowest BCUT2D eigenvalue weighted by Crippen LogP contribution is -2.65. The van der Waals surface area contributed by atoms with E-state index in [9.17, 15) is 39.6 Å². The number of alkyl halides is 1. The molecule has 0 aliphatic heterocycles. The summed E-state index contributed by atoms with van der Waals surface area (Å²) in [6.45, 7) is 0. The number of carbonyl (C=O) groups is 4. The Balaban J connectivity index is 0.00000380. The van der Waals surface area contributed by atoms with E-state index in [0.29, 0.717) is 5.56 Å². The summed E-state index contributed by atoms with van der Waals surface area (Å²) in [6, 6.07) is 0.240. The number of nitrogens with zero attached hydrogens (tertiary/aromatic N) is 1. The first-order valence-corrected chi connectivity index (χ1v) is 11.7. The highest BCUT2D eigenvalue weighted by Crippen LogP contribution is 2.54. The zero-order valence-electron chi connectivity index (χ0n) is 19.5. The van der Waals surface area contributed by atoms with Crippen molar-refractivity contribution in [2.75, 3.05) is 25.3 Å². The summed E-state index contributed by atoms with van der Waals surface area (Å²) in [6.07, 6.45) is 0.0282. The Kier molecular flexibility index (Phi) is 7.62. The van der Waals surface area contributed by atoms with Crippen LogP contribution in [0.3, 0.4) is 0 Å². The predicted octanol–water partition coefficient (Wildman–Crippen LogP) is 1.22. The lowest BCUT2D eigenvalue weighted by atomic mass is 9.57. The second-order valence-electron chi connectivity index (χ2n) is 9.26. The van der Waals surface area contributed by atoms with Crippen molar-refractivity contribution < 1.29 is 39.6 Å². The summed E-state index contributed by atoms with van der Waals surface area (Å²) in [7, 11) is 3.03. The fourth-order valence-corrected chi connectivity index (χ4v) is 5.89. The van der Waals surface area contributed by atoms with E-state index in [2.05, 4.69) is 5.32 Å². The molecule has 2 unspecified atom stereocenters. The summed E-state index contributed by atoms with van der Waals surface area (Å²) in [4.78, 5) is 52.0. The molecule has 0 saturated heterocycles. The topological polar surface area (TPSA) is 190 Å². The molecule has 7 N–H and O–H groups in total. The Hall–Kier alpha value is -2.83. The van der Waals surface area contributed by atoms with Crippen molar-refractivity contribution in [3.05, 3.63) is 39.1 Å². The number of phenolic OH excluding ortho intramolecular Hbond substituents is 1. The molecule has 1 aromatic rings. The van der Waals surface area contributed by atoms with Crippen LogP contribution in [0.1, 0.15) is 17.5 Å². The number of aromatic hydroxyl groups is 1. The van der Waals surface area contributed by atoms with E-state index in [0.717, 1.165) is 0 Å². The van der Waals surface area contributed by atoms with Crippen molar-refractivity contribution in [3.63, 3.8) is 0 Å². The van der Waals surface area contributed by atoms with E-state index >= 15 is 0 Å². The van der Waals surface area contributed by atoms with Crippen LogP contribution < -0.4 is 11.1 Å². The molecule has 3 aliphatic carbocycles. The number of benzene rings is 1. The van der Waals surface area contributed by atoms with Crippen LogP contribution in [0.2, 0.25) is 5.02 Å². The number of aliphatic hydroxyl groups is 3. The molecule has 0 heterocycles. The SMILES string of the molecule is CN(C)[C@@H]1C(=O)C(C(N)=O)=C(O)[C@@]2(O)C(=O)C3=C(O)c4c(cc(Cl)c(NC(=O)CCl)c4O)CC3CC12.Cl. The summed E-state index contributed by atoms with van der Waals surface area (Å²) in [5.74, 6) is -8.80. The van der Waals surface area contributed by atoms with Gasteiger partial charge in [0.25, 0.3) is 5.91 Å². The molecule has 1 aromatic carbocycles. The van der Waals surface area contributed by atoms with Crippen molar-refractivity contribution >= 4 is 70.4 Å². The number of halogens is 3. The van der Waals surface area contributed by atoms with Gasteiger partial charge in [0.2, 0.25) is 11.7 Å². The van der Waals surface area contributed by atoms with Crippen LogP contribution in [-0.4, -0.2) is 80.3 Å². The van der Waals surface area contributed by atoms with Gasteiger partial charge in [-0.1, -0.05) is 11.6 Å². The third-order valence-corrected chi connectivity index (χ3v) is 7.59. The number of Topliss-reactive ketones (excluding diaryl/α,β-unsaturated/α-hetero) is 2. The van der Waals surface area contributed by atoms with E-state index in [1.807, 2.05) is 0 Å². The highest BCUT2D eigenvalue weighted by atomic mass is 35.5. The Labute approximate surface area is 226 Å². The van der Waals surface area contributed by atoms with Crippen LogP contribution in [0.5, 0.6) is 5.75 Å². The quantitative estimate of drug-likeness (QED) is 0.174. The third kappa shape index (κ3) is 4.05. The summed E-state index contributed by atoms with van der Waals surface area (Å²) in [5, 5.41) is 46.6. The molecule has 200 valence electrons. The fourth-order valence-electron chi connectivity index (χ4n) is 5.56. The number of carbonyl (C=O) groups excluding carboxylic acids is 4. The van der Waals surface area contributed by atoms with Gasteiger partial charge >= 0.3 is 0 Å². The molecule has 0 radical (unpaired) electrons. The number of ketones is 2. The Bertz CT molecular complexity index is 1310. The molecule has 4 rings (SSSR count). The molecule has 3 aliphatic rings. The monoisotopic (exact) mass is 575 g/mol. The van der Waals surface area contributed by atoms with E-state index in [4.69, 9.17) is 28.9 Å². The van der Waals surface area contributed by atoms with Gasteiger partial charge in [0, 0.05) is 11.5 Å². The minimum atomic E-state index is -2.73. The molecule has 1 fully saturated rings. The van der Waals surface area contributed by atoms with Crippen LogP contribution in [0, 0.1) is 11.8 Å². The first-order chi connectivity index (χ1) is 16.8. The number of hydrogen-bond donors (Lipinski definition) is 6. The van der Waals surface area contributed by atoms with Crippen LogP contribution in [-0.2, 0) is 25.6 Å². The molecule has 4 atom stereocenters. The lowest BCUT2D eigenvalue weighted by Gasteiger charge is -2.50. The molecule has 0 spiro atoms. The number of nitrogens with two attached hydrogens (primary N) is 1. The Morgan fingerprint density at radius 1 is 1.24 bits per heavy atom. The van der Waals surface area contributed by atoms with Crippen molar-refractivity contribution in [2.45, 2.75) is 24.5 Å². The van der Waals surface area contributed by atoms with Gasteiger partial charge in [-0.3, -0.25) is 24.1 Å². The largest absolute Gasteiger partial charge is 0.508 e. The predicted molar refractivity (Wildman–Crippen MR) is 136 cm³/mol. The van der Waals surface area contributed by atoms with Crippen LogP contribution in [0.15, 0.2) is 23.0 Å². The first-order valence-electron chi connectivity index (χ1n) is 10.8. The van der Waals surface area contributed by atoms with E-state index in [-0.39, 0.29) is 47.1 Å². The molecule has 11 nitrogen and oxygen atoms in total. The number of hydrogen-bond acceptors (Lipinski definition) is 9. The zero-order chi connectivity index (χ0) is 26.9. The van der Waals surface area contributed by atoms with Gasteiger partial charge in [-0.25, -0.2) is 0 Å². The van der Waals surface area contributed by atoms with Crippen molar-refractivity contribution in [3.8, 4) is 5.75 Å². The maximum atomic E-state index is 13.7. The second kappa shape index (κ2) is 9.80. The highest BCUT2D eigenvalue weighted by molar-refractivity contribution is 6.35. The fraction of sp³-hybridized carbons (Fsp3) is 0.391. The lowest BCUT2D eigenvalue weighted by molar-refractivity contribution is -0.153. The van der Waals surface area contributed by atoms with Crippen LogP contribution in [0.4, 0.5) is 5.69 Å². The third-order valence-electron chi connectivity index (χ3n) is 7.05. The number of nitrogens with one attached hydrogen (secondary N) is 1. The summed E-state index contributed by atoms with van der Waals surface area (Å²) in [5.41, 5.74) is 1.28. The summed E-state index contributed by atoms with van der Waals surface area (Å²) < 4.78 is 0. The molecular formula is C23H24Cl3N3O8. The van der Waals surface area contributed by atoms with Crippen molar-refractivity contribution in [1.29, 1.82) is 0 Å². The molecule has 37 heavy (non-hydrogen) atoms. The van der Waals surface area contributed by atoms with Gasteiger partial charge in [-0.15, -0.1) is 24.0 Å². The highest BCUT2D eigenvalue weighted by Gasteiger charge is 2.64. The van der Waals surface area contributed by atoms with Gasteiger partial charge in [0.05, 0.1) is 16.6 Å². The average molecular weight is 577 g/mol. The van der Waals surface area contributed by atoms with Crippen LogP contribution in [0.25, 0.3) is 5.76 Å². The number of anilines is 1. The first kappa shape index (κ1) is 28.7. The number of fused-ring (bicyclic) bond motifs is 3. The normalized spacial score (nSPS) is 26.8. The van der Waals surface area contributed by atoms with Gasteiger partial charge in [-0.05, 0) is 44.5 Å². The number of primary amides is 1. The number of phenols is 1. The maximum Gasteiger partial charge on any atom is 0.255 e. The van der Waals surface area contributed by atoms with Crippen molar-refractivity contribution in [2.24, 2.45) is 17.6 Å². The van der Waals surface area contributed by atoms with E-state index < -0.39 is 75.6 Å². The van der Waals surface area contributed by atoms with Gasteiger partial charge < -0.3 is 31.5 Å². The molecule has 0 aromatic heterocycles. The standard InChI is InChI=1S/C23H23Cl2N3O8.ClH/c1-28(2)16-9-4-7-3-8-5-10(25)15(27-11(29)6-24)18(31)12(8)17(30)13(7)20(33)23(9,36)21(34)14(19(16)32)22(26)35;/h5,7,9,16,30-31,34,36H,3-4,6H2,1-2H3,(H2,26,35)(H,27,29);1H/t7?,9?,16-,23-;/m0./s1. The van der Waals surface area contributed by atoms with Gasteiger partial charge in [-0.2, -0.15) is 0 Å². The Morgan fingerprint density at radius 3 is 2.41 bits per heavy atom. The molecular weight excluding hydrogens is 553 g/mol. The van der Waals surface area contributed by atoms with Gasteiger partial charge in [0.15, 0.2) is 17.1 Å². The molecule has 2 amide bonds. The smallest absolute Gasteiger partial charge is 0.255 e. The zero-order valence-corrected chi connectivity index (χ0v) is 21.9. The number of amides is 2. The van der Waals surface area contributed by atoms with E-state index in [1.165, 1.54) is 25.1 Å². The Morgan fingerprint density at radius 2 is 1.86 bits per heavy atom. The van der Waals surface area contributed by atoms with Crippen molar-refractivity contribution in [1.82, 2.24) is 4.90 Å². The maximum absolute atomic E-state index is 13.7. The number of likely N-dealkylation sites (N-methyl/N-ethyl adjacent to an activating group) is 1. The second-order valence-corrected chi connectivity index (χ2v) is 9.93. The average Bonchev–Trinajstić information content (AvgIpc) is 2.78. The minimum absolute atomic E-state index is 0. The molecule has 14 heteroatoms. The molecule has 1 saturated carbocycles. The molecule has 0 bridgehead atoms. The summed E-state index contributed by atoms with van der Waals surface area (Å²) >= 11 is 11.7. The minimum Gasteiger partial charge on any atom is -0.508 e. The van der Waals surface area contributed by atoms with E-state index in [1.54, 1.807) is 0 Å². The van der Waals surface area contributed by atoms with Crippen LogP contribution >= 0.6 is 35.6 Å². The number of rotatable bonds is 4. The number of aliphatic hydroxyl groups excluding tert-OH is 2.